The maximum Gasteiger partial charge on any atom is 0.303 e. The number of nitrogens with zero attached hydrogens (tertiary/aromatic N) is 1. The van der Waals surface area contributed by atoms with Gasteiger partial charge < -0.3 is 29.5 Å². The van der Waals surface area contributed by atoms with E-state index in [1.54, 1.807) is 6.92 Å². The van der Waals surface area contributed by atoms with E-state index < -0.39 is 18.4 Å². The van der Waals surface area contributed by atoms with Crippen LogP contribution in [0.2, 0.25) is 0 Å². The second kappa shape index (κ2) is 14.9. The van der Waals surface area contributed by atoms with Crippen LogP contribution < -0.4 is 5.32 Å². The highest BCUT2D eigenvalue weighted by Crippen LogP contribution is 2.38. The number of ether oxygens (including phenoxy) is 3. The number of amides is 1. The van der Waals surface area contributed by atoms with Gasteiger partial charge in [-0.25, -0.2) is 0 Å². The van der Waals surface area contributed by atoms with E-state index in [0.717, 1.165) is 46.5 Å². The fourth-order valence-corrected chi connectivity index (χ4v) is 5.08. The molecule has 42 heavy (non-hydrogen) atoms. The van der Waals surface area contributed by atoms with Gasteiger partial charge in [-0.15, -0.1) is 6.58 Å². The normalized spacial score (nSPS) is 19.2. The van der Waals surface area contributed by atoms with Crippen molar-refractivity contribution in [1.82, 2.24) is 10.2 Å². The van der Waals surface area contributed by atoms with Gasteiger partial charge in [0, 0.05) is 38.5 Å². The standard InChI is InChI=1S/C34H40N2O6/c1-5-18-36(4)21-30-19-32(27-12-10-25(22-37)11-13-27)42-34(41-30)28-16-14-26(15-17-28)31-9-7-6-8-29(31)20-35-33(39)23(2)40-24(3)38/h5-17,23,30,32,34,37H,1,18-22H2,2-4H3,(H,35,39)/t23-,30-,32+,34+/m0/s1. The Bertz CT molecular complexity index is 1340. The van der Waals surface area contributed by atoms with Gasteiger partial charge in [0.25, 0.3) is 5.91 Å². The van der Waals surface area contributed by atoms with Crippen LogP contribution in [0.5, 0.6) is 0 Å². The van der Waals surface area contributed by atoms with Crippen molar-refractivity contribution in [2.75, 3.05) is 20.1 Å². The second-order valence-electron chi connectivity index (χ2n) is 10.6. The molecule has 8 heteroatoms. The predicted molar refractivity (Wildman–Crippen MR) is 161 cm³/mol. The summed E-state index contributed by atoms with van der Waals surface area (Å²) >= 11 is 0. The van der Waals surface area contributed by atoms with Crippen LogP contribution in [0.15, 0.2) is 85.5 Å². The molecule has 4 rings (SSSR count). The topological polar surface area (TPSA) is 97.3 Å². The van der Waals surface area contributed by atoms with Gasteiger partial charge in [-0.2, -0.15) is 0 Å². The summed E-state index contributed by atoms with van der Waals surface area (Å²) < 4.78 is 17.9. The molecule has 1 fully saturated rings. The first-order chi connectivity index (χ1) is 20.3. The van der Waals surface area contributed by atoms with Crippen LogP contribution in [-0.2, 0) is 37.0 Å². The molecule has 0 saturated carbocycles. The number of nitrogens with one attached hydrogen (secondary N) is 1. The molecule has 8 nitrogen and oxygen atoms in total. The van der Waals surface area contributed by atoms with Gasteiger partial charge in [-0.1, -0.05) is 78.9 Å². The lowest BCUT2D eigenvalue weighted by atomic mass is 9.97. The van der Waals surface area contributed by atoms with Crippen LogP contribution in [0.1, 0.15) is 54.9 Å². The fraction of sp³-hybridized carbons (Fsp3) is 0.353. The average Bonchev–Trinajstić information content (AvgIpc) is 2.99. The van der Waals surface area contributed by atoms with E-state index in [-0.39, 0.29) is 24.7 Å². The van der Waals surface area contributed by atoms with Crippen LogP contribution in [0.25, 0.3) is 11.1 Å². The molecule has 1 amide bonds. The number of carbonyl (C=O) groups is 2. The third-order valence-electron chi connectivity index (χ3n) is 7.25. The smallest absolute Gasteiger partial charge is 0.303 e. The quantitative estimate of drug-likeness (QED) is 0.231. The summed E-state index contributed by atoms with van der Waals surface area (Å²) in [6.07, 6.45) is 0.983. The van der Waals surface area contributed by atoms with Gasteiger partial charge in [0.2, 0.25) is 0 Å². The number of benzene rings is 3. The zero-order chi connectivity index (χ0) is 30.1. The number of carbonyl (C=O) groups excluding carboxylic acids is 2. The van der Waals surface area contributed by atoms with Crippen LogP contribution in [0.3, 0.4) is 0 Å². The van der Waals surface area contributed by atoms with Gasteiger partial charge in [-0.3, -0.25) is 9.59 Å². The molecular weight excluding hydrogens is 532 g/mol. The summed E-state index contributed by atoms with van der Waals surface area (Å²) in [4.78, 5) is 25.7. The molecule has 4 atom stereocenters. The van der Waals surface area contributed by atoms with Crippen LogP contribution in [0, 0.1) is 0 Å². The van der Waals surface area contributed by atoms with Gasteiger partial charge >= 0.3 is 5.97 Å². The van der Waals surface area contributed by atoms with Crippen molar-refractivity contribution < 1.29 is 28.9 Å². The Labute approximate surface area is 247 Å². The molecule has 3 aromatic rings. The van der Waals surface area contributed by atoms with E-state index >= 15 is 0 Å². The Balaban J connectivity index is 1.51. The molecule has 0 spiro atoms. The molecule has 1 aliphatic heterocycles. The molecule has 0 unspecified atom stereocenters. The van der Waals surface area contributed by atoms with E-state index in [1.165, 1.54) is 6.92 Å². The average molecular weight is 573 g/mol. The van der Waals surface area contributed by atoms with Crippen molar-refractivity contribution in [2.45, 2.75) is 58.0 Å². The molecular formula is C34H40N2O6. The van der Waals surface area contributed by atoms with Crippen molar-refractivity contribution >= 4 is 11.9 Å². The predicted octanol–water partition coefficient (Wildman–Crippen LogP) is 5.08. The number of aliphatic hydroxyl groups excluding tert-OH is 1. The molecule has 0 aromatic heterocycles. The zero-order valence-electron chi connectivity index (χ0n) is 24.5. The molecule has 0 radical (unpaired) electrons. The number of hydrogen-bond donors (Lipinski definition) is 2. The number of rotatable bonds is 12. The molecule has 3 aromatic carbocycles. The van der Waals surface area contributed by atoms with E-state index in [9.17, 15) is 14.7 Å². The van der Waals surface area contributed by atoms with Crippen molar-refractivity contribution in [2.24, 2.45) is 0 Å². The van der Waals surface area contributed by atoms with E-state index in [0.29, 0.717) is 13.0 Å². The summed E-state index contributed by atoms with van der Waals surface area (Å²) in [5.74, 6) is -0.846. The third kappa shape index (κ3) is 8.36. The van der Waals surface area contributed by atoms with Gasteiger partial charge in [0.05, 0.1) is 18.8 Å². The monoisotopic (exact) mass is 572 g/mol. The van der Waals surface area contributed by atoms with Crippen molar-refractivity contribution in [3.05, 3.63) is 108 Å². The highest BCUT2D eigenvalue weighted by atomic mass is 16.7. The summed E-state index contributed by atoms with van der Waals surface area (Å²) in [6, 6.07) is 23.8. The lowest BCUT2D eigenvalue weighted by molar-refractivity contribution is -0.252. The highest BCUT2D eigenvalue weighted by molar-refractivity contribution is 5.83. The molecule has 1 saturated heterocycles. The Morgan fingerprint density at radius 1 is 1.07 bits per heavy atom. The first kappa shape index (κ1) is 31.1. The molecule has 2 N–H and O–H groups in total. The maximum atomic E-state index is 12.4. The lowest BCUT2D eigenvalue weighted by Gasteiger charge is -2.37. The maximum absolute atomic E-state index is 12.4. The summed E-state index contributed by atoms with van der Waals surface area (Å²) in [5, 5.41) is 12.3. The van der Waals surface area contributed by atoms with Crippen LogP contribution in [-0.4, -0.2) is 54.2 Å². The summed E-state index contributed by atoms with van der Waals surface area (Å²) in [7, 11) is 2.05. The number of likely N-dealkylation sites (N-methyl/N-ethyl adjacent to an activating group) is 1. The fourth-order valence-electron chi connectivity index (χ4n) is 5.08. The van der Waals surface area contributed by atoms with E-state index in [2.05, 4.69) is 16.8 Å². The van der Waals surface area contributed by atoms with Gasteiger partial charge in [0.15, 0.2) is 12.4 Å². The van der Waals surface area contributed by atoms with Crippen molar-refractivity contribution in [3.8, 4) is 11.1 Å². The number of aliphatic hydroxyl groups is 1. The molecule has 0 aliphatic carbocycles. The SMILES string of the molecule is C=CCN(C)C[C@@H]1C[C@H](c2ccc(CO)cc2)O[C@H](c2ccc(-c3ccccc3CNC(=O)[C@H](C)OC(C)=O)cc2)O1. The molecule has 1 aliphatic rings. The minimum absolute atomic E-state index is 0.00175. The van der Waals surface area contributed by atoms with Crippen LogP contribution >= 0.6 is 0 Å². The highest BCUT2D eigenvalue weighted by Gasteiger charge is 2.32. The Hall–Kier alpha value is -3.82. The zero-order valence-corrected chi connectivity index (χ0v) is 24.5. The Morgan fingerprint density at radius 2 is 1.76 bits per heavy atom. The number of hydrogen-bond acceptors (Lipinski definition) is 7. The summed E-state index contributed by atoms with van der Waals surface area (Å²) in [5.41, 5.74) is 5.74. The second-order valence-corrected chi connectivity index (χ2v) is 10.6. The molecule has 0 bridgehead atoms. The Kier molecular flexibility index (Phi) is 11.0. The van der Waals surface area contributed by atoms with Gasteiger partial charge in [0.1, 0.15) is 0 Å². The molecule has 1 heterocycles. The van der Waals surface area contributed by atoms with Crippen molar-refractivity contribution in [3.63, 3.8) is 0 Å². The van der Waals surface area contributed by atoms with E-state index in [4.69, 9.17) is 14.2 Å². The largest absolute Gasteiger partial charge is 0.453 e. The third-order valence-corrected chi connectivity index (χ3v) is 7.25. The minimum atomic E-state index is -0.860. The molecule has 222 valence electrons. The van der Waals surface area contributed by atoms with E-state index in [1.807, 2.05) is 85.9 Å². The van der Waals surface area contributed by atoms with Gasteiger partial charge in [-0.05, 0) is 41.8 Å². The lowest BCUT2D eigenvalue weighted by Crippen LogP contribution is -2.37. The number of esters is 1. The minimum Gasteiger partial charge on any atom is -0.453 e. The summed E-state index contributed by atoms with van der Waals surface area (Å²) in [6.45, 7) is 8.48. The first-order valence-electron chi connectivity index (χ1n) is 14.2. The first-order valence-corrected chi connectivity index (χ1v) is 14.2. The Morgan fingerprint density at radius 3 is 2.43 bits per heavy atom. The van der Waals surface area contributed by atoms with Crippen LogP contribution in [0.4, 0.5) is 0 Å². The van der Waals surface area contributed by atoms with Crippen molar-refractivity contribution in [1.29, 1.82) is 0 Å².